The zero-order chi connectivity index (χ0) is 18.9. The third kappa shape index (κ3) is 5.82. The smallest absolute Gasteiger partial charge is 0.185 e. The van der Waals surface area contributed by atoms with Crippen molar-refractivity contribution in [1.82, 2.24) is 0 Å². The SMILES string of the molecule is O=C(/C=C/c1ccc(OCCOc2ccccc2)cc1)c1ccc(F)cc1. The van der Waals surface area contributed by atoms with Gasteiger partial charge in [0.05, 0.1) is 0 Å². The van der Waals surface area contributed by atoms with Crippen LogP contribution < -0.4 is 9.47 Å². The lowest BCUT2D eigenvalue weighted by Crippen LogP contribution is -2.08. The Morgan fingerprint density at radius 1 is 0.778 bits per heavy atom. The molecule has 0 aromatic heterocycles. The first-order chi connectivity index (χ1) is 13.2. The minimum Gasteiger partial charge on any atom is -0.490 e. The lowest BCUT2D eigenvalue weighted by Gasteiger charge is -2.08. The van der Waals surface area contributed by atoms with E-state index >= 15 is 0 Å². The van der Waals surface area contributed by atoms with Crippen LogP contribution in [0.1, 0.15) is 15.9 Å². The summed E-state index contributed by atoms with van der Waals surface area (Å²) in [5, 5.41) is 0. The quantitative estimate of drug-likeness (QED) is 0.315. The highest BCUT2D eigenvalue weighted by Crippen LogP contribution is 2.14. The van der Waals surface area contributed by atoms with Crippen molar-refractivity contribution in [3.05, 3.63) is 102 Å². The molecule has 0 spiro atoms. The second-order valence-electron chi connectivity index (χ2n) is 5.78. The molecule has 0 fully saturated rings. The van der Waals surface area contributed by atoms with Gasteiger partial charge >= 0.3 is 0 Å². The third-order valence-corrected chi connectivity index (χ3v) is 3.80. The van der Waals surface area contributed by atoms with Gasteiger partial charge in [0.2, 0.25) is 0 Å². The van der Waals surface area contributed by atoms with Crippen LogP contribution in [0.15, 0.2) is 84.9 Å². The van der Waals surface area contributed by atoms with Gasteiger partial charge in [-0.25, -0.2) is 4.39 Å². The molecule has 136 valence electrons. The molecule has 3 aromatic carbocycles. The maximum atomic E-state index is 12.9. The molecule has 0 saturated carbocycles. The Labute approximate surface area is 157 Å². The Hall–Kier alpha value is -3.40. The maximum Gasteiger partial charge on any atom is 0.185 e. The second kappa shape index (κ2) is 9.34. The number of ketones is 1. The van der Waals surface area contributed by atoms with Gasteiger partial charge in [0.1, 0.15) is 30.5 Å². The van der Waals surface area contributed by atoms with E-state index in [0.29, 0.717) is 18.8 Å². The maximum absolute atomic E-state index is 12.9. The molecule has 0 radical (unpaired) electrons. The van der Waals surface area contributed by atoms with Crippen LogP contribution in [0.4, 0.5) is 4.39 Å². The zero-order valence-corrected chi connectivity index (χ0v) is 14.7. The van der Waals surface area contributed by atoms with Crippen molar-refractivity contribution in [2.24, 2.45) is 0 Å². The van der Waals surface area contributed by atoms with Crippen molar-refractivity contribution in [2.75, 3.05) is 13.2 Å². The van der Waals surface area contributed by atoms with Crippen LogP contribution >= 0.6 is 0 Å². The topological polar surface area (TPSA) is 35.5 Å². The van der Waals surface area contributed by atoms with Crippen LogP contribution in [0.25, 0.3) is 6.08 Å². The summed E-state index contributed by atoms with van der Waals surface area (Å²) in [4.78, 5) is 12.0. The predicted molar refractivity (Wildman–Crippen MR) is 104 cm³/mol. The Kier molecular flexibility index (Phi) is 6.36. The molecular weight excluding hydrogens is 343 g/mol. The molecule has 27 heavy (non-hydrogen) atoms. The molecular formula is C23H19FO3. The Bertz CT molecular complexity index is 885. The van der Waals surface area contributed by atoms with Crippen LogP contribution in [-0.2, 0) is 0 Å². The Morgan fingerprint density at radius 2 is 1.37 bits per heavy atom. The summed E-state index contributed by atoms with van der Waals surface area (Å²) in [6, 6.07) is 22.5. The molecule has 0 unspecified atom stereocenters. The summed E-state index contributed by atoms with van der Waals surface area (Å²) in [5.74, 6) is 1.01. The number of benzene rings is 3. The minimum absolute atomic E-state index is 0.173. The number of ether oxygens (including phenoxy) is 2. The second-order valence-corrected chi connectivity index (χ2v) is 5.78. The molecule has 4 heteroatoms. The van der Waals surface area contributed by atoms with Crippen molar-refractivity contribution in [3.8, 4) is 11.5 Å². The van der Waals surface area contributed by atoms with E-state index in [9.17, 15) is 9.18 Å². The lowest BCUT2D eigenvalue weighted by molar-refractivity contribution is 0.104. The predicted octanol–water partition coefficient (Wildman–Crippen LogP) is 5.18. The fraction of sp³-hybridized carbons (Fsp3) is 0.0870. The van der Waals surface area contributed by atoms with Crippen molar-refractivity contribution in [1.29, 1.82) is 0 Å². The van der Waals surface area contributed by atoms with Crippen LogP contribution in [0.5, 0.6) is 11.5 Å². The summed E-state index contributed by atoms with van der Waals surface area (Å²) in [6.07, 6.45) is 3.19. The number of hydrogen-bond acceptors (Lipinski definition) is 3. The molecule has 3 rings (SSSR count). The van der Waals surface area contributed by atoms with Gasteiger partial charge in [-0.3, -0.25) is 4.79 Å². The van der Waals surface area contributed by atoms with E-state index in [0.717, 1.165) is 17.1 Å². The number of hydrogen-bond donors (Lipinski definition) is 0. The average Bonchev–Trinajstić information content (AvgIpc) is 2.71. The molecule has 0 bridgehead atoms. The van der Waals surface area contributed by atoms with E-state index in [4.69, 9.17) is 9.47 Å². The number of halogens is 1. The fourth-order valence-electron chi connectivity index (χ4n) is 2.39. The molecule has 0 amide bonds. The van der Waals surface area contributed by atoms with Crippen molar-refractivity contribution in [2.45, 2.75) is 0 Å². The van der Waals surface area contributed by atoms with Gasteiger partial charge in [0.15, 0.2) is 5.78 Å². The van der Waals surface area contributed by atoms with Crippen LogP contribution in [0, 0.1) is 5.82 Å². The summed E-state index contributed by atoms with van der Waals surface area (Å²) in [6.45, 7) is 0.894. The molecule has 3 nitrogen and oxygen atoms in total. The van der Waals surface area contributed by atoms with Gasteiger partial charge in [-0.2, -0.15) is 0 Å². The van der Waals surface area contributed by atoms with Gasteiger partial charge in [-0.05, 0) is 60.2 Å². The monoisotopic (exact) mass is 362 g/mol. The van der Waals surface area contributed by atoms with Crippen molar-refractivity contribution in [3.63, 3.8) is 0 Å². The highest BCUT2D eigenvalue weighted by Gasteiger charge is 2.01. The van der Waals surface area contributed by atoms with E-state index in [2.05, 4.69) is 0 Å². The van der Waals surface area contributed by atoms with Crippen LogP contribution in [0.2, 0.25) is 0 Å². The number of para-hydroxylation sites is 1. The Morgan fingerprint density at radius 3 is 2.00 bits per heavy atom. The van der Waals surface area contributed by atoms with E-state index in [-0.39, 0.29) is 11.6 Å². The number of carbonyl (C=O) groups is 1. The molecule has 0 aliphatic carbocycles. The van der Waals surface area contributed by atoms with Gasteiger partial charge in [0.25, 0.3) is 0 Å². The van der Waals surface area contributed by atoms with Gasteiger partial charge in [-0.15, -0.1) is 0 Å². The van der Waals surface area contributed by atoms with E-state index in [1.54, 1.807) is 6.08 Å². The first kappa shape index (κ1) is 18.4. The molecule has 0 heterocycles. The summed E-state index contributed by atoms with van der Waals surface area (Å²) in [5.41, 5.74) is 1.32. The molecule has 0 aliphatic heterocycles. The van der Waals surface area contributed by atoms with Gasteiger partial charge in [-0.1, -0.05) is 36.4 Å². The summed E-state index contributed by atoms with van der Waals surface area (Å²) in [7, 11) is 0. The molecule has 0 atom stereocenters. The van der Waals surface area contributed by atoms with Gasteiger partial charge in [0, 0.05) is 5.56 Å². The zero-order valence-electron chi connectivity index (χ0n) is 14.7. The van der Waals surface area contributed by atoms with Crippen molar-refractivity contribution < 1.29 is 18.7 Å². The van der Waals surface area contributed by atoms with E-state index in [1.165, 1.54) is 30.3 Å². The molecule has 0 aliphatic rings. The summed E-state index contributed by atoms with van der Waals surface area (Å²) >= 11 is 0. The first-order valence-corrected chi connectivity index (χ1v) is 8.59. The van der Waals surface area contributed by atoms with Crippen molar-refractivity contribution >= 4 is 11.9 Å². The van der Waals surface area contributed by atoms with Crippen LogP contribution in [0.3, 0.4) is 0 Å². The fourth-order valence-corrected chi connectivity index (χ4v) is 2.39. The molecule has 0 saturated heterocycles. The number of allylic oxidation sites excluding steroid dienone is 1. The first-order valence-electron chi connectivity index (χ1n) is 8.59. The third-order valence-electron chi connectivity index (χ3n) is 3.80. The highest BCUT2D eigenvalue weighted by molar-refractivity contribution is 6.06. The minimum atomic E-state index is -0.361. The number of carbonyl (C=O) groups excluding carboxylic acids is 1. The average molecular weight is 362 g/mol. The van der Waals surface area contributed by atoms with Gasteiger partial charge < -0.3 is 9.47 Å². The van der Waals surface area contributed by atoms with Crippen LogP contribution in [-0.4, -0.2) is 19.0 Å². The molecule has 0 N–H and O–H groups in total. The van der Waals surface area contributed by atoms with E-state index in [1.807, 2.05) is 54.6 Å². The summed E-state index contributed by atoms with van der Waals surface area (Å²) < 4.78 is 24.1. The normalized spacial score (nSPS) is 10.7. The highest BCUT2D eigenvalue weighted by atomic mass is 19.1. The molecule has 3 aromatic rings. The standard InChI is InChI=1S/C23H19FO3/c24-20-11-9-19(10-12-20)23(25)15-8-18-6-13-22(14-7-18)27-17-16-26-21-4-2-1-3-5-21/h1-15H,16-17H2/b15-8+. The largest absolute Gasteiger partial charge is 0.490 e. The van der Waals surface area contributed by atoms with E-state index < -0.39 is 0 Å². The lowest BCUT2D eigenvalue weighted by atomic mass is 10.1. The Balaban J connectivity index is 1.46. The number of rotatable bonds is 8.